The number of hydrogen-bond acceptors (Lipinski definition) is 3. The van der Waals surface area contributed by atoms with Crippen molar-refractivity contribution in [1.82, 2.24) is 0 Å². The second-order valence-corrected chi connectivity index (χ2v) is 3.18. The zero-order chi connectivity index (χ0) is 10.1. The van der Waals surface area contributed by atoms with Crippen LogP contribution in [-0.4, -0.2) is 17.1 Å². The fourth-order valence-electron chi connectivity index (χ4n) is 1.41. The van der Waals surface area contributed by atoms with Crippen molar-refractivity contribution >= 4 is 11.6 Å². The molecule has 1 aromatic rings. The van der Waals surface area contributed by atoms with E-state index in [2.05, 4.69) is 5.32 Å². The summed E-state index contributed by atoms with van der Waals surface area (Å²) in [5, 5.41) is 11.9. The Kier molecular flexibility index (Phi) is 2.04. The van der Waals surface area contributed by atoms with Gasteiger partial charge in [-0.3, -0.25) is 4.79 Å². The molecule has 4 nitrogen and oxygen atoms in total. The minimum Gasteiger partial charge on any atom is -0.508 e. The van der Waals surface area contributed by atoms with Gasteiger partial charge in [0.05, 0.1) is 5.69 Å². The number of phenols is 1. The molecule has 1 aliphatic heterocycles. The summed E-state index contributed by atoms with van der Waals surface area (Å²) >= 11 is 0. The van der Waals surface area contributed by atoms with Gasteiger partial charge in [0.1, 0.15) is 11.5 Å². The van der Waals surface area contributed by atoms with Gasteiger partial charge in [0, 0.05) is 6.07 Å². The lowest BCUT2D eigenvalue weighted by molar-refractivity contribution is -0.123. The number of phenolic OH excluding ortho intramolecular Hbond substituents is 1. The molecule has 0 saturated heterocycles. The molecule has 0 unspecified atom stereocenters. The van der Waals surface area contributed by atoms with Gasteiger partial charge < -0.3 is 15.2 Å². The Hall–Kier alpha value is -1.71. The van der Waals surface area contributed by atoms with Crippen LogP contribution in [0.2, 0.25) is 0 Å². The van der Waals surface area contributed by atoms with Crippen molar-refractivity contribution in [2.24, 2.45) is 0 Å². The molecule has 0 radical (unpaired) electrons. The topological polar surface area (TPSA) is 58.6 Å². The third-order valence-electron chi connectivity index (χ3n) is 2.15. The third-order valence-corrected chi connectivity index (χ3v) is 2.15. The summed E-state index contributed by atoms with van der Waals surface area (Å²) < 4.78 is 5.43. The van der Waals surface area contributed by atoms with Crippen molar-refractivity contribution in [2.45, 2.75) is 19.4 Å². The highest BCUT2D eigenvalue weighted by Gasteiger charge is 2.25. The minimum atomic E-state index is -0.424. The van der Waals surface area contributed by atoms with E-state index < -0.39 is 6.10 Å². The number of aromatic hydroxyl groups is 1. The standard InChI is InChI=1S/C10H11NO3/c1-2-8-10(13)11-7-5-6(12)3-4-9(7)14-8/h3-5,8,12H,2H2,1H3,(H,11,13)/t8-/m1/s1. The normalized spacial score (nSPS) is 19.5. The Bertz CT molecular complexity index is 376. The Morgan fingerprint density at radius 2 is 2.36 bits per heavy atom. The molecule has 2 N–H and O–H groups in total. The first kappa shape index (κ1) is 8.87. The molecule has 1 aliphatic rings. The molecule has 0 saturated carbocycles. The molecule has 0 fully saturated rings. The highest BCUT2D eigenvalue weighted by atomic mass is 16.5. The van der Waals surface area contributed by atoms with E-state index in [4.69, 9.17) is 4.74 Å². The molecule has 1 amide bonds. The van der Waals surface area contributed by atoms with Gasteiger partial charge in [-0.05, 0) is 18.6 Å². The van der Waals surface area contributed by atoms with Crippen LogP contribution in [-0.2, 0) is 4.79 Å². The Morgan fingerprint density at radius 1 is 1.57 bits per heavy atom. The zero-order valence-corrected chi connectivity index (χ0v) is 7.78. The number of carbonyl (C=O) groups excluding carboxylic acids is 1. The van der Waals surface area contributed by atoms with Crippen molar-refractivity contribution in [3.05, 3.63) is 18.2 Å². The van der Waals surface area contributed by atoms with Crippen molar-refractivity contribution in [3.8, 4) is 11.5 Å². The Labute approximate surface area is 81.5 Å². The van der Waals surface area contributed by atoms with E-state index >= 15 is 0 Å². The lowest BCUT2D eigenvalue weighted by Crippen LogP contribution is -2.36. The Morgan fingerprint density at radius 3 is 3.07 bits per heavy atom. The number of anilines is 1. The molecule has 1 heterocycles. The fraction of sp³-hybridized carbons (Fsp3) is 0.300. The number of amides is 1. The predicted molar refractivity (Wildman–Crippen MR) is 51.4 cm³/mol. The molecule has 14 heavy (non-hydrogen) atoms. The van der Waals surface area contributed by atoms with Gasteiger partial charge in [0.15, 0.2) is 6.10 Å². The Balaban J connectivity index is 2.35. The highest BCUT2D eigenvalue weighted by molar-refractivity contribution is 5.97. The predicted octanol–water partition coefficient (Wildman–Crippen LogP) is 1.50. The molecule has 2 rings (SSSR count). The molecule has 1 aromatic carbocycles. The molecule has 0 spiro atoms. The van der Waals surface area contributed by atoms with Gasteiger partial charge in [-0.1, -0.05) is 6.92 Å². The van der Waals surface area contributed by atoms with Gasteiger partial charge in [-0.25, -0.2) is 0 Å². The molecular weight excluding hydrogens is 182 g/mol. The maximum atomic E-state index is 11.4. The SMILES string of the molecule is CC[C@H]1Oc2ccc(O)cc2NC1=O. The lowest BCUT2D eigenvalue weighted by atomic mass is 10.2. The van der Waals surface area contributed by atoms with E-state index in [1.807, 2.05) is 6.92 Å². The molecule has 74 valence electrons. The number of ether oxygens (including phenoxy) is 1. The summed E-state index contributed by atoms with van der Waals surface area (Å²) in [4.78, 5) is 11.4. The zero-order valence-electron chi connectivity index (χ0n) is 7.78. The monoisotopic (exact) mass is 193 g/mol. The van der Waals surface area contributed by atoms with Crippen molar-refractivity contribution in [2.75, 3.05) is 5.32 Å². The first-order valence-electron chi connectivity index (χ1n) is 4.51. The van der Waals surface area contributed by atoms with E-state index in [1.54, 1.807) is 6.07 Å². The minimum absolute atomic E-state index is 0.114. The smallest absolute Gasteiger partial charge is 0.265 e. The van der Waals surface area contributed by atoms with E-state index in [0.717, 1.165) is 0 Å². The number of benzene rings is 1. The first-order valence-corrected chi connectivity index (χ1v) is 4.51. The van der Waals surface area contributed by atoms with E-state index in [9.17, 15) is 9.90 Å². The largest absolute Gasteiger partial charge is 0.508 e. The fourth-order valence-corrected chi connectivity index (χ4v) is 1.41. The van der Waals surface area contributed by atoms with Crippen molar-refractivity contribution in [3.63, 3.8) is 0 Å². The lowest BCUT2D eigenvalue weighted by Gasteiger charge is -2.24. The maximum Gasteiger partial charge on any atom is 0.265 e. The van der Waals surface area contributed by atoms with Gasteiger partial charge in [-0.15, -0.1) is 0 Å². The van der Waals surface area contributed by atoms with Gasteiger partial charge in [0.2, 0.25) is 0 Å². The summed E-state index contributed by atoms with van der Waals surface area (Å²) in [6, 6.07) is 4.65. The molecular formula is C10H11NO3. The number of rotatable bonds is 1. The van der Waals surface area contributed by atoms with Crippen LogP contribution in [0.15, 0.2) is 18.2 Å². The quantitative estimate of drug-likeness (QED) is 0.710. The first-order chi connectivity index (χ1) is 6.70. The van der Waals surface area contributed by atoms with E-state index in [-0.39, 0.29) is 11.7 Å². The van der Waals surface area contributed by atoms with Crippen molar-refractivity contribution < 1.29 is 14.6 Å². The van der Waals surface area contributed by atoms with Gasteiger partial charge in [0.25, 0.3) is 5.91 Å². The molecule has 0 aromatic heterocycles. The second-order valence-electron chi connectivity index (χ2n) is 3.18. The summed E-state index contributed by atoms with van der Waals surface area (Å²) in [6.45, 7) is 1.88. The highest BCUT2D eigenvalue weighted by Crippen LogP contribution is 2.32. The number of hydrogen-bond donors (Lipinski definition) is 2. The number of nitrogens with one attached hydrogen (secondary N) is 1. The summed E-state index contributed by atoms with van der Waals surface area (Å²) in [5.41, 5.74) is 0.528. The van der Waals surface area contributed by atoms with Crippen LogP contribution in [0.3, 0.4) is 0 Å². The van der Waals surface area contributed by atoms with Crippen LogP contribution in [0, 0.1) is 0 Å². The van der Waals surface area contributed by atoms with Crippen molar-refractivity contribution in [1.29, 1.82) is 0 Å². The van der Waals surface area contributed by atoms with Crippen LogP contribution in [0.1, 0.15) is 13.3 Å². The van der Waals surface area contributed by atoms with Crippen LogP contribution in [0.4, 0.5) is 5.69 Å². The average Bonchev–Trinajstić information content (AvgIpc) is 2.16. The molecule has 0 bridgehead atoms. The molecule has 1 atom stereocenters. The van der Waals surface area contributed by atoms with Crippen LogP contribution >= 0.6 is 0 Å². The van der Waals surface area contributed by atoms with E-state index in [0.29, 0.717) is 17.9 Å². The van der Waals surface area contributed by atoms with E-state index in [1.165, 1.54) is 12.1 Å². The number of fused-ring (bicyclic) bond motifs is 1. The summed E-state index contributed by atoms with van der Waals surface area (Å²) in [6.07, 6.45) is 0.207. The van der Waals surface area contributed by atoms with Gasteiger partial charge in [-0.2, -0.15) is 0 Å². The van der Waals surface area contributed by atoms with Crippen LogP contribution < -0.4 is 10.1 Å². The number of carbonyl (C=O) groups is 1. The maximum absolute atomic E-state index is 11.4. The summed E-state index contributed by atoms with van der Waals surface area (Å²) in [7, 11) is 0. The average molecular weight is 193 g/mol. The molecule has 0 aliphatic carbocycles. The second kappa shape index (κ2) is 3.21. The molecule has 4 heteroatoms. The van der Waals surface area contributed by atoms with Crippen LogP contribution in [0.5, 0.6) is 11.5 Å². The summed E-state index contributed by atoms with van der Waals surface area (Å²) in [5.74, 6) is 0.558. The third kappa shape index (κ3) is 1.39. The van der Waals surface area contributed by atoms with Gasteiger partial charge >= 0.3 is 0 Å². The van der Waals surface area contributed by atoms with Crippen LogP contribution in [0.25, 0.3) is 0 Å².